The van der Waals surface area contributed by atoms with Gasteiger partial charge >= 0.3 is 0 Å². The Bertz CT molecular complexity index is 15.7. The van der Waals surface area contributed by atoms with Gasteiger partial charge in [0.1, 0.15) is 0 Å². The molecule has 4 heteroatoms. The van der Waals surface area contributed by atoms with Crippen molar-refractivity contribution in [2.75, 3.05) is 18.8 Å². The van der Waals surface area contributed by atoms with E-state index in [1.165, 1.54) is 0 Å². The van der Waals surface area contributed by atoms with Crippen LogP contribution >= 0.6 is 0 Å². The van der Waals surface area contributed by atoms with E-state index >= 15 is 0 Å². The Balaban J connectivity index is -0.0000000150. The SMILES string of the molecule is C[S+](C)C.[Br-].[Br-].[SH3+]. The molecule has 0 N–H and O–H groups in total. The number of hydrogen-bond acceptors (Lipinski definition) is 0. The van der Waals surface area contributed by atoms with Gasteiger partial charge in [-0.2, -0.15) is 0 Å². The third kappa shape index (κ3) is 89.1. The Kier molecular flexibility index (Phi) is 52.3. The van der Waals surface area contributed by atoms with Crippen LogP contribution in [0.4, 0.5) is 0 Å². The topological polar surface area (TPSA) is 0 Å². The summed E-state index contributed by atoms with van der Waals surface area (Å²) in [5.41, 5.74) is 0. The summed E-state index contributed by atoms with van der Waals surface area (Å²) in [6.45, 7) is 0. The molecule has 0 saturated carbocycles. The molecule has 0 heterocycles. The van der Waals surface area contributed by atoms with E-state index in [-0.39, 0.29) is 47.5 Å². The van der Waals surface area contributed by atoms with Crippen molar-refractivity contribution in [3.63, 3.8) is 0 Å². The zero-order valence-electron chi connectivity index (χ0n) is 4.74. The first kappa shape index (κ1) is 23.4. The predicted octanol–water partition coefficient (Wildman–Crippen LogP) is -6.30. The molecule has 0 aliphatic rings. The molecule has 0 spiro atoms. The van der Waals surface area contributed by atoms with Gasteiger partial charge in [0, 0.05) is 0 Å². The first-order valence-corrected chi connectivity index (χ1v) is 3.67. The molecule has 7 heavy (non-hydrogen) atoms. The summed E-state index contributed by atoms with van der Waals surface area (Å²) in [4.78, 5) is 0. The average Bonchev–Trinajstić information content (AvgIpc) is 0.811. The van der Waals surface area contributed by atoms with Crippen molar-refractivity contribution in [1.29, 1.82) is 0 Å². The monoisotopic (exact) mass is 270 g/mol. The lowest BCUT2D eigenvalue weighted by atomic mass is 11.9. The van der Waals surface area contributed by atoms with Gasteiger partial charge in [-0.1, -0.05) is 13.5 Å². The lowest BCUT2D eigenvalue weighted by molar-refractivity contribution is -0.00100. The normalized spacial score (nSPS) is 5.14. The van der Waals surface area contributed by atoms with Crippen molar-refractivity contribution in [3.8, 4) is 0 Å². The molecule has 0 aromatic rings. The second-order valence-corrected chi connectivity index (χ2v) is 3.67. The van der Waals surface area contributed by atoms with Crippen molar-refractivity contribution in [2.45, 2.75) is 0 Å². The summed E-state index contributed by atoms with van der Waals surface area (Å²) < 4.78 is 0. The van der Waals surface area contributed by atoms with E-state index in [1.807, 2.05) is 0 Å². The molecule has 0 aromatic heterocycles. The van der Waals surface area contributed by atoms with E-state index in [9.17, 15) is 0 Å². The third-order valence-corrected chi connectivity index (χ3v) is 0. The second-order valence-electron chi connectivity index (χ2n) is 1.22. The van der Waals surface area contributed by atoms with Crippen molar-refractivity contribution >= 4 is 24.4 Å². The molecule has 0 aliphatic carbocycles. The fourth-order valence-electron chi connectivity index (χ4n) is 0. The van der Waals surface area contributed by atoms with Crippen molar-refractivity contribution in [2.24, 2.45) is 0 Å². The maximum Gasteiger partial charge on any atom is 0.0969 e. The van der Waals surface area contributed by atoms with Gasteiger partial charge in [-0.25, -0.2) is 0 Å². The van der Waals surface area contributed by atoms with Crippen LogP contribution in [0.25, 0.3) is 0 Å². The molecule has 0 amide bonds. The largest absolute Gasteiger partial charge is 1.00 e. The molecule has 0 unspecified atom stereocenters. The van der Waals surface area contributed by atoms with Crippen molar-refractivity contribution in [3.05, 3.63) is 0 Å². The van der Waals surface area contributed by atoms with Crippen LogP contribution in [0.1, 0.15) is 0 Å². The minimum Gasteiger partial charge on any atom is -1.00 e. The Hall–Kier alpha value is 1.66. The standard InChI is InChI=1S/C3H9S.2BrH.H2S/c1-4(2)3;;;/h1-3H3;2*1H;1H2/q+1;;;/p-1. The Morgan fingerprint density at radius 1 is 0.857 bits per heavy atom. The van der Waals surface area contributed by atoms with E-state index in [4.69, 9.17) is 0 Å². The smallest absolute Gasteiger partial charge is 0.0969 e. The van der Waals surface area contributed by atoms with Crippen molar-refractivity contribution < 1.29 is 34.0 Å². The maximum absolute atomic E-state index is 2.19. The molecule has 0 saturated heterocycles. The summed E-state index contributed by atoms with van der Waals surface area (Å²) in [7, 11) is 0.639. The minimum atomic E-state index is 0. The molecule has 0 atom stereocenters. The quantitative estimate of drug-likeness (QED) is 0.385. The highest BCUT2D eigenvalue weighted by atomic mass is 79.9. The fourth-order valence-corrected chi connectivity index (χ4v) is 0. The van der Waals surface area contributed by atoms with Crippen LogP contribution in [0, 0.1) is 0 Å². The molecule has 0 bridgehead atoms. The molecular formula is C3H12Br2S2. The highest BCUT2D eigenvalue weighted by molar-refractivity contribution is 7.94. The molecule has 0 nitrogen and oxygen atoms in total. The number of hydrogen-bond donors (Lipinski definition) is 0. The minimum absolute atomic E-state index is 0. The average molecular weight is 272 g/mol. The first-order chi connectivity index (χ1) is 1.73. The van der Waals surface area contributed by atoms with E-state index < -0.39 is 0 Å². The van der Waals surface area contributed by atoms with Crippen LogP contribution in [-0.2, 0) is 24.4 Å². The van der Waals surface area contributed by atoms with E-state index in [2.05, 4.69) is 18.8 Å². The van der Waals surface area contributed by atoms with Gasteiger partial charge in [0.2, 0.25) is 0 Å². The van der Waals surface area contributed by atoms with Crippen LogP contribution < -0.4 is 34.0 Å². The van der Waals surface area contributed by atoms with Crippen LogP contribution in [-0.4, -0.2) is 18.8 Å². The highest BCUT2D eigenvalue weighted by Gasteiger charge is 1.77. The Morgan fingerprint density at radius 2 is 0.857 bits per heavy atom. The van der Waals surface area contributed by atoms with Gasteiger partial charge in [-0.05, 0) is 10.9 Å². The summed E-state index contributed by atoms with van der Waals surface area (Å²) in [5.74, 6) is 0. The summed E-state index contributed by atoms with van der Waals surface area (Å²) in [6.07, 6.45) is 6.58. The molecule has 0 rings (SSSR count). The van der Waals surface area contributed by atoms with Crippen LogP contribution in [0.2, 0.25) is 0 Å². The Morgan fingerprint density at radius 3 is 0.857 bits per heavy atom. The van der Waals surface area contributed by atoms with E-state index in [0.717, 1.165) is 0 Å². The van der Waals surface area contributed by atoms with Gasteiger partial charge in [0.05, 0.1) is 18.8 Å². The van der Waals surface area contributed by atoms with Crippen LogP contribution in [0.5, 0.6) is 0 Å². The number of halogens is 2. The molecular weight excluding hydrogens is 260 g/mol. The van der Waals surface area contributed by atoms with Gasteiger partial charge in [0.15, 0.2) is 0 Å². The Labute approximate surface area is 76.8 Å². The summed E-state index contributed by atoms with van der Waals surface area (Å²) in [5, 5.41) is 0. The lowest BCUT2D eigenvalue weighted by Crippen LogP contribution is -3.00. The molecule has 0 fully saturated rings. The molecule has 0 aliphatic heterocycles. The predicted molar refractivity (Wildman–Crippen MR) is 36.7 cm³/mol. The molecule has 0 radical (unpaired) electrons. The van der Waals surface area contributed by atoms with E-state index in [1.54, 1.807) is 0 Å². The third-order valence-electron chi connectivity index (χ3n) is 0. The van der Waals surface area contributed by atoms with Gasteiger partial charge in [-0.15, -0.1) is 0 Å². The maximum atomic E-state index is 2.19. The van der Waals surface area contributed by atoms with Crippen LogP contribution in [0.3, 0.4) is 0 Å². The zero-order chi connectivity index (χ0) is 3.58. The van der Waals surface area contributed by atoms with Gasteiger partial charge in [-0.3, -0.25) is 0 Å². The summed E-state index contributed by atoms with van der Waals surface area (Å²) >= 11 is 0. The zero-order valence-corrected chi connectivity index (χ0v) is 9.88. The molecule has 50 valence electrons. The summed E-state index contributed by atoms with van der Waals surface area (Å²) in [6, 6.07) is 0. The van der Waals surface area contributed by atoms with Gasteiger partial charge < -0.3 is 34.0 Å². The van der Waals surface area contributed by atoms with E-state index in [0.29, 0.717) is 10.9 Å². The van der Waals surface area contributed by atoms with Crippen LogP contribution in [0.15, 0.2) is 0 Å². The number of rotatable bonds is 0. The van der Waals surface area contributed by atoms with Gasteiger partial charge in [0.25, 0.3) is 0 Å². The second kappa shape index (κ2) is 15.6. The lowest BCUT2D eigenvalue weighted by Gasteiger charge is -1.69. The molecule has 0 aromatic carbocycles. The first-order valence-electron chi connectivity index (χ1n) is 1.22. The van der Waals surface area contributed by atoms with Crippen molar-refractivity contribution in [1.82, 2.24) is 0 Å². The highest BCUT2D eigenvalue weighted by Crippen LogP contribution is 1.63. The fraction of sp³-hybridized carbons (Fsp3) is 1.00.